The highest BCUT2D eigenvalue weighted by Gasteiger charge is 2.24. The van der Waals surface area contributed by atoms with E-state index in [0.29, 0.717) is 11.8 Å². The van der Waals surface area contributed by atoms with Crippen molar-refractivity contribution in [2.24, 2.45) is 0 Å². The molecule has 1 N–H and O–H groups in total. The van der Waals surface area contributed by atoms with E-state index in [4.69, 9.17) is 9.40 Å². The lowest BCUT2D eigenvalue weighted by Crippen LogP contribution is -2.14. The molecule has 0 atom stereocenters. The molecule has 0 radical (unpaired) electrons. The van der Waals surface area contributed by atoms with Gasteiger partial charge in [0.1, 0.15) is 17.0 Å². The molecule has 0 aliphatic rings. The van der Waals surface area contributed by atoms with Crippen LogP contribution in [0.4, 0.5) is 0 Å². The molecule has 7 aromatic rings. The predicted molar refractivity (Wildman–Crippen MR) is 183 cm³/mol. The third-order valence-electron chi connectivity index (χ3n) is 8.79. The lowest BCUT2D eigenvalue weighted by atomic mass is 9.92. The Morgan fingerprint density at radius 3 is 2.05 bits per heavy atom. The Kier molecular flexibility index (Phi) is 6.71. The van der Waals surface area contributed by atoms with Crippen molar-refractivity contribution >= 4 is 33.0 Å². The fourth-order valence-electron chi connectivity index (χ4n) is 6.43. The predicted octanol–water partition coefficient (Wildman–Crippen LogP) is 10.7. The molecule has 5 aromatic carbocycles. The number of furan rings is 1. The molecule has 7 rings (SSSR count). The van der Waals surface area contributed by atoms with Gasteiger partial charge in [-0.05, 0) is 83.8 Å². The lowest BCUT2D eigenvalue weighted by Gasteiger charge is -2.22. The van der Waals surface area contributed by atoms with Crippen molar-refractivity contribution in [3.63, 3.8) is 0 Å². The van der Waals surface area contributed by atoms with Crippen LogP contribution >= 0.6 is 0 Å². The number of hydrogen-bond acceptors (Lipinski definition) is 3. The van der Waals surface area contributed by atoms with Crippen LogP contribution in [0.15, 0.2) is 108 Å². The maximum absolute atomic E-state index is 10.4. The van der Waals surface area contributed by atoms with Gasteiger partial charge in [-0.15, -0.1) is 0 Å². The molecule has 0 bridgehead atoms. The van der Waals surface area contributed by atoms with Crippen LogP contribution in [0.2, 0.25) is 0 Å². The van der Waals surface area contributed by atoms with Crippen LogP contribution in [0.3, 0.4) is 0 Å². The number of rotatable bonds is 6. The maximum atomic E-state index is 10.4. The van der Waals surface area contributed by atoms with Gasteiger partial charge in [-0.3, -0.25) is 4.57 Å². The van der Waals surface area contributed by atoms with Gasteiger partial charge in [0, 0.05) is 10.8 Å². The SMILES string of the molecule is CC(C)c1cccc(C(C)C)c1-n1c(-c2cccc3c2oc2cc(-c4ccc(C(C)(C)O)cc4)ccc23)nc2ccccc21. The summed E-state index contributed by atoms with van der Waals surface area (Å²) >= 11 is 0. The Morgan fingerprint density at radius 1 is 0.705 bits per heavy atom. The van der Waals surface area contributed by atoms with Crippen LogP contribution in [-0.4, -0.2) is 14.7 Å². The molecule has 0 fully saturated rings. The summed E-state index contributed by atoms with van der Waals surface area (Å²) in [5.41, 5.74) is 10.7. The van der Waals surface area contributed by atoms with Crippen LogP contribution in [0.25, 0.3) is 61.2 Å². The van der Waals surface area contributed by atoms with Crippen molar-refractivity contribution in [2.45, 2.75) is 59.0 Å². The molecule has 220 valence electrons. The first kappa shape index (κ1) is 28.1. The largest absolute Gasteiger partial charge is 0.455 e. The maximum Gasteiger partial charge on any atom is 0.149 e. The number of nitrogens with zero attached hydrogens (tertiary/aromatic N) is 2. The van der Waals surface area contributed by atoms with Crippen LogP contribution in [0.1, 0.15) is 70.1 Å². The second kappa shape index (κ2) is 10.5. The average molecular weight is 579 g/mol. The van der Waals surface area contributed by atoms with Gasteiger partial charge in [-0.25, -0.2) is 4.98 Å². The quantitative estimate of drug-likeness (QED) is 0.214. The molecule has 0 aliphatic carbocycles. The zero-order valence-electron chi connectivity index (χ0n) is 26.2. The summed E-state index contributed by atoms with van der Waals surface area (Å²) in [5, 5.41) is 12.5. The van der Waals surface area contributed by atoms with Gasteiger partial charge in [-0.2, -0.15) is 0 Å². The third-order valence-corrected chi connectivity index (χ3v) is 8.79. The molecular weight excluding hydrogens is 540 g/mol. The summed E-state index contributed by atoms with van der Waals surface area (Å²) in [6.07, 6.45) is 0. The summed E-state index contributed by atoms with van der Waals surface area (Å²) in [7, 11) is 0. The van der Waals surface area contributed by atoms with Crippen LogP contribution in [0.5, 0.6) is 0 Å². The van der Waals surface area contributed by atoms with E-state index in [-0.39, 0.29) is 0 Å². The van der Waals surface area contributed by atoms with E-state index >= 15 is 0 Å². The van der Waals surface area contributed by atoms with Crippen LogP contribution in [0, 0.1) is 0 Å². The van der Waals surface area contributed by atoms with Gasteiger partial charge in [0.2, 0.25) is 0 Å². The smallest absolute Gasteiger partial charge is 0.149 e. The van der Waals surface area contributed by atoms with Crippen molar-refractivity contribution in [3.05, 3.63) is 120 Å². The van der Waals surface area contributed by atoms with Crippen molar-refractivity contribution in [2.75, 3.05) is 0 Å². The molecule has 0 saturated carbocycles. The summed E-state index contributed by atoms with van der Waals surface area (Å²) < 4.78 is 9.09. The molecule has 4 nitrogen and oxygen atoms in total. The van der Waals surface area contributed by atoms with E-state index < -0.39 is 5.60 Å². The minimum atomic E-state index is -0.875. The normalized spacial score (nSPS) is 12.4. The number of aliphatic hydroxyl groups is 1. The molecule has 0 unspecified atom stereocenters. The summed E-state index contributed by atoms with van der Waals surface area (Å²) in [6, 6.07) is 36.0. The molecule has 4 heteroatoms. The minimum Gasteiger partial charge on any atom is -0.455 e. The highest BCUT2D eigenvalue weighted by Crippen LogP contribution is 2.41. The molecule has 0 spiro atoms. The number of benzene rings is 5. The average Bonchev–Trinajstić information content (AvgIpc) is 3.58. The second-order valence-corrected chi connectivity index (χ2v) is 13.0. The first-order valence-corrected chi connectivity index (χ1v) is 15.5. The van der Waals surface area contributed by atoms with Gasteiger partial charge >= 0.3 is 0 Å². The minimum absolute atomic E-state index is 0.343. The van der Waals surface area contributed by atoms with Gasteiger partial charge < -0.3 is 9.52 Å². The van der Waals surface area contributed by atoms with E-state index in [1.54, 1.807) is 13.8 Å². The number of hydrogen-bond donors (Lipinski definition) is 1. The Hall–Kier alpha value is -4.67. The zero-order chi connectivity index (χ0) is 30.7. The van der Waals surface area contributed by atoms with E-state index in [1.165, 1.54) is 16.8 Å². The van der Waals surface area contributed by atoms with Crippen LogP contribution < -0.4 is 0 Å². The van der Waals surface area contributed by atoms with Crippen molar-refractivity contribution in [1.29, 1.82) is 0 Å². The monoisotopic (exact) mass is 578 g/mol. The topological polar surface area (TPSA) is 51.2 Å². The fourth-order valence-corrected chi connectivity index (χ4v) is 6.43. The first-order chi connectivity index (χ1) is 21.1. The Bertz CT molecular complexity index is 2130. The van der Waals surface area contributed by atoms with Gasteiger partial charge in [-0.1, -0.05) is 100 Å². The fraction of sp³-hybridized carbons (Fsp3) is 0.225. The first-order valence-electron chi connectivity index (χ1n) is 15.5. The highest BCUT2D eigenvalue weighted by atomic mass is 16.3. The summed E-state index contributed by atoms with van der Waals surface area (Å²) in [4.78, 5) is 5.26. The van der Waals surface area contributed by atoms with Gasteiger partial charge in [0.05, 0.1) is 27.9 Å². The number of imidazole rings is 1. The second-order valence-electron chi connectivity index (χ2n) is 13.0. The van der Waals surface area contributed by atoms with E-state index in [2.05, 4.69) is 123 Å². The van der Waals surface area contributed by atoms with Crippen molar-refractivity contribution < 1.29 is 9.52 Å². The molecule has 2 aromatic heterocycles. The Balaban J connectivity index is 1.46. The van der Waals surface area contributed by atoms with E-state index in [0.717, 1.165) is 61.1 Å². The third kappa shape index (κ3) is 4.61. The molecular formula is C40H38N2O2. The Labute approximate surface area is 258 Å². The van der Waals surface area contributed by atoms with E-state index in [1.807, 2.05) is 12.1 Å². The molecule has 2 heterocycles. The zero-order valence-corrected chi connectivity index (χ0v) is 26.2. The number of aromatic nitrogens is 2. The molecule has 0 saturated heterocycles. The summed E-state index contributed by atoms with van der Waals surface area (Å²) in [5.74, 6) is 1.57. The summed E-state index contributed by atoms with van der Waals surface area (Å²) in [6.45, 7) is 12.7. The highest BCUT2D eigenvalue weighted by molar-refractivity contribution is 6.10. The van der Waals surface area contributed by atoms with Crippen molar-refractivity contribution in [3.8, 4) is 28.2 Å². The lowest BCUT2D eigenvalue weighted by molar-refractivity contribution is 0.0786. The standard InChI is InChI=1S/C40H38N2O2/c1-24(2)29-11-9-12-30(25(3)4)37(29)42-35-16-8-7-15-34(35)41-39(42)33-14-10-13-32-31-22-19-27(23-36(31)44-38(32)33)26-17-20-28(21-18-26)40(5,6)43/h7-25,43H,1-6H3. The van der Waals surface area contributed by atoms with Crippen LogP contribution in [-0.2, 0) is 5.60 Å². The number of para-hydroxylation sites is 4. The number of fused-ring (bicyclic) bond motifs is 4. The van der Waals surface area contributed by atoms with Gasteiger partial charge in [0.25, 0.3) is 0 Å². The van der Waals surface area contributed by atoms with Gasteiger partial charge in [0.15, 0.2) is 0 Å². The molecule has 0 amide bonds. The van der Waals surface area contributed by atoms with E-state index in [9.17, 15) is 5.11 Å². The molecule has 44 heavy (non-hydrogen) atoms. The Morgan fingerprint density at radius 2 is 1.36 bits per heavy atom. The van der Waals surface area contributed by atoms with Crippen molar-refractivity contribution in [1.82, 2.24) is 9.55 Å². The molecule has 0 aliphatic heterocycles.